The first-order valence-corrected chi connectivity index (χ1v) is 51.8. The van der Waals surface area contributed by atoms with Crippen LogP contribution in [0.15, 0.2) is 226 Å². The maximum absolute atomic E-state index is 13.5. The van der Waals surface area contributed by atoms with Crippen LogP contribution in [0.2, 0.25) is 0 Å². The lowest BCUT2D eigenvalue weighted by Gasteiger charge is -2.18. The lowest BCUT2D eigenvalue weighted by Crippen LogP contribution is -1.96. The average Bonchev–Trinajstić information content (AvgIpc) is 0.774. The second-order valence-corrected chi connectivity index (χ2v) is 38.1. The number of para-hydroxylation sites is 4. The fourth-order valence-corrected chi connectivity index (χ4v) is 20.0. The molecule has 0 fully saturated rings. The molecule has 0 radical (unpaired) electrons. The second kappa shape index (κ2) is 50.4. The lowest BCUT2D eigenvalue weighted by atomic mass is 9.87. The molecular weight excluding hydrogens is 1640 g/mol. The number of hydrogen-bond acceptors (Lipinski definition) is 10. The van der Waals surface area contributed by atoms with Crippen LogP contribution in [0.1, 0.15) is 328 Å². The summed E-state index contributed by atoms with van der Waals surface area (Å²) >= 11 is 0. The second-order valence-electron chi connectivity index (χ2n) is 38.1. The molecule has 0 saturated carbocycles. The minimum Gasteiger partial charge on any atom is -0.507 e. The van der Waals surface area contributed by atoms with Gasteiger partial charge in [-0.05, 0) is 236 Å². The van der Waals surface area contributed by atoms with Gasteiger partial charge in [-0.25, -0.2) is 0 Å². The summed E-state index contributed by atoms with van der Waals surface area (Å²) in [4.78, 5) is 20.9. The Kier molecular flexibility index (Phi) is 36.9. The topological polar surface area (TPSA) is 171 Å². The molecule has 10 heteroatoms. The number of rotatable bonds is 53. The van der Waals surface area contributed by atoms with Crippen LogP contribution >= 0.6 is 0 Å². The normalized spacial score (nSPS) is 12.1. The van der Waals surface area contributed by atoms with Gasteiger partial charge in [0.2, 0.25) is 0 Å². The highest BCUT2D eigenvalue weighted by Gasteiger charge is 2.27. The largest absolute Gasteiger partial charge is 0.507 e. The number of aromatic hydroxyl groups is 6. The Hall–Kier alpha value is -11.9. The van der Waals surface area contributed by atoms with Crippen LogP contribution in [0, 0.1) is 0 Å². The van der Waals surface area contributed by atoms with Gasteiger partial charge >= 0.3 is 0 Å². The monoisotopic (exact) mass is 1790 g/mol. The van der Waals surface area contributed by atoms with Crippen molar-refractivity contribution in [3.63, 3.8) is 0 Å². The van der Waals surface area contributed by atoms with E-state index >= 15 is 0 Å². The van der Waals surface area contributed by atoms with Crippen molar-refractivity contribution in [1.29, 1.82) is 0 Å². The van der Waals surface area contributed by atoms with Gasteiger partial charge in [0.15, 0.2) is 0 Å². The molecule has 0 bridgehead atoms. The number of nitrogens with zero attached hydrogens (tertiary/aromatic N) is 4. The number of benzene rings is 14. The molecule has 0 amide bonds. The predicted molar refractivity (Wildman–Crippen MR) is 575 cm³/mol. The predicted octanol–water partition coefficient (Wildman–Crippen LogP) is 36.3. The van der Waals surface area contributed by atoms with Crippen LogP contribution in [-0.2, 0) is 38.5 Å². The molecule has 14 aromatic rings. The van der Waals surface area contributed by atoms with Crippen molar-refractivity contribution < 1.29 is 30.6 Å². The maximum atomic E-state index is 13.5. The number of aliphatic imine (C=N–C) groups is 4. The molecule has 0 aliphatic heterocycles. The van der Waals surface area contributed by atoms with E-state index in [2.05, 4.69) is 151 Å². The summed E-state index contributed by atoms with van der Waals surface area (Å²) in [5.41, 5.74) is 14.5. The SMILES string of the molecule is CCCCCCCCc1ccc2c(-c3c(O)c(C=Nc4ccccc4N=Cc4cc5cc(CCCCCCCC)ccc5c(-c5c(O)c(C=Nc6ccccc6N=Cc6cc7cc(CCCCCCCC)ccc7c(-c7c(O)ccc8cc(CCCCCCCC)ccc78)c6O)cc6cc(CCCCCCCC)ccc56)c4O)cc4cc(CCCCCCCC)ccc34)c(O)ccc2c1. The van der Waals surface area contributed by atoms with Crippen LogP contribution in [0.25, 0.3) is 98.0 Å². The van der Waals surface area contributed by atoms with Crippen molar-refractivity contribution >= 4 is 112 Å². The lowest BCUT2D eigenvalue weighted by molar-refractivity contribution is 0.469. The van der Waals surface area contributed by atoms with Crippen LogP contribution in [0.4, 0.5) is 22.7 Å². The molecule has 10 nitrogen and oxygen atoms in total. The van der Waals surface area contributed by atoms with Crippen LogP contribution < -0.4 is 0 Å². The highest BCUT2D eigenvalue weighted by Crippen LogP contribution is 2.52. The highest BCUT2D eigenvalue weighted by molar-refractivity contribution is 6.17. The van der Waals surface area contributed by atoms with Gasteiger partial charge in [0, 0.05) is 80.5 Å². The minimum atomic E-state index is -0.0552. The van der Waals surface area contributed by atoms with Crippen LogP contribution in [-0.4, -0.2) is 55.5 Å². The van der Waals surface area contributed by atoms with Crippen molar-refractivity contribution in [2.75, 3.05) is 0 Å². The minimum absolute atomic E-state index is 0.0112. The first-order chi connectivity index (χ1) is 65.8. The summed E-state index contributed by atoms with van der Waals surface area (Å²) in [5, 5.41) is 87.7. The number of unbranched alkanes of at least 4 members (excludes halogenated alkanes) is 30. The molecule has 134 heavy (non-hydrogen) atoms. The quantitative estimate of drug-likeness (QED) is 0.0164. The molecule has 0 atom stereocenters. The smallest absolute Gasteiger partial charge is 0.132 e. The standard InChI is InChI=1S/C124H146N4O6/c1-7-13-19-25-31-37-47-87-57-65-103-93(73-87)63-71-113(129)115(103)117-105-67-59-89(49-39-33-27-21-15-9-3)75-95(105)79-99(121(117)131)83-125-109-53-43-45-55-111(109)127-85-101-81-97-77-91(51-41-35-29-23-17-11-5)61-69-107(97)119(123(101)133)120-108-70-62-92(52-42-36-30-24-18-12-6)78-98(108)82-102(124(120)134)86-128-112-56-46-44-54-110(112)126-84-100-80-96-76-90(50-40-34-28-22-16-10-4)60-68-106(96)118(122(100)132)116-104-66-58-88(48-38-32-26-20-14-8-2)74-94(104)64-72-114(116)130/h43-46,53-86,129-134H,7-42,47-52H2,1-6H3. The molecule has 0 heterocycles. The number of phenols is 6. The Labute approximate surface area is 798 Å². The fourth-order valence-electron chi connectivity index (χ4n) is 20.0. The van der Waals surface area contributed by atoms with Gasteiger partial charge in [0.1, 0.15) is 34.5 Å². The van der Waals surface area contributed by atoms with Crippen molar-refractivity contribution in [3.05, 3.63) is 262 Å². The van der Waals surface area contributed by atoms with E-state index in [-0.39, 0.29) is 34.5 Å². The van der Waals surface area contributed by atoms with E-state index in [9.17, 15) is 30.6 Å². The third-order valence-corrected chi connectivity index (χ3v) is 27.7. The number of hydrogen-bond donors (Lipinski definition) is 6. The molecule has 0 saturated heterocycles. The highest BCUT2D eigenvalue weighted by atomic mass is 16.3. The van der Waals surface area contributed by atoms with E-state index in [1.165, 1.54) is 213 Å². The summed E-state index contributed by atoms with van der Waals surface area (Å²) in [7, 11) is 0. The average molecular weight is 1790 g/mol. The molecule has 0 unspecified atom stereocenters. The molecule has 6 N–H and O–H groups in total. The summed E-state index contributed by atoms with van der Waals surface area (Å²) in [6.45, 7) is 13.5. The van der Waals surface area contributed by atoms with Crippen molar-refractivity contribution in [3.8, 4) is 67.9 Å². The summed E-state index contributed by atoms with van der Waals surface area (Å²) in [5.74, 6) is 0.0883. The zero-order valence-corrected chi connectivity index (χ0v) is 81.1. The first-order valence-electron chi connectivity index (χ1n) is 51.8. The van der Waals surface area contributed by atoms with Crippen molar-refractivity contribution in [2.45, 2.75) is 311 Å². The molecular formula is C124H146N4O6. The number of fused-ring (bicyclic) bond motifs is 6. The molecule has 14 aromatic carbocycles. The summed E-state index contributed by atoms with van der Waals surface area (Å²) < 4.78 is 0. The third kappa shape index (κ3) is 25.6. The van der Waals surface area contributed by atoms with Crippen molar-refractivity contribution in [2.24, 2.45) is 20.0 Å². The molecule has 14 rings (SSSR count). The van der Waals surface area contributed by atoms with Gasteiger partial charge in [-0.2, -0.15) is 0 Å². The zero-order valence-electron chi connectivity index (χ0n) is 81.1. The van der Waals surface area contributed by atoms with Gasteiger partial charge in [0.05, 0.1) is 22.7 Å². The van der Waals surface area contributed by atoms with Gasteiger partial charge < -0.3 is 30.6 Å². The Morgan fingerprint density at radius 2 is 0.373 bits per heavy atom. The Bertz CT molecular complexity index is 6020. The van der Waals surface area contributed by atoms with E-state index < -0.39 is 0 Å². The molecule has 0 aliphatic carbocycles. The Balaban J connectivity index is 0.849. The molecule has 0 aliphatic rings. The van der Waals surface area contributed by atoms with Crippen molar-refractivity contribution in [1.82, 2.24) is 0 Å². The zero-order chi connectivity index (χ0) is 93.3. The molecule has 0 aromatic heterocycles. The third-order valence-electron chi connectivity index (χ3n) is 27.7. The number of aryl methyl sites for hydroxylation is 6. The van der Waals surface area contributed by atoms with E-state index in [1.54, 1.807) is 37.0 Å². The van der Waals surface area contributed by atoms with Crippen LogP contribution in [0.5, 0.6) is 34.5 Å². The number of phenolic OH excluding ortho intramolecular Hbond substituents is 6. The van der Waals surface area contributed by atoms with Gasteiger partial charge in [-0.15, -0.1) is 0 Å². The van der Waals surface area contributed by atoms with E-state index in [0.29, 0.717) is 78.4 Å². The van der Waals surface area contributed by atoms with E-state index in [4.69, 9.17) is 20.0 Å². The van der Waals surface area contributed by atoms with Gasteiger partial charge in [0.25, 0.3) is 0 Å². The fraction of sp³-hybridized carbons (Fsp3) is 0.387. The van der Waals surface area contributed by atoms with Crippen LogP contribution in [0.3, 0.4) is 0 Å². The Morgan fingerprint density at radius 1 is 0.187 bits per heavy atom. The maximum Gasteiger partial charge on any atom is 0.132 e. The summed E-state index contributed by atoms with van der Waals surface area (Å²) in [6, 6.07) is 70.1. The molecule has 698 valence electrons. The van der Waals surface area contributed by atoms with Gasteiger partial charge in [-0.3, -0.25) is 20.0 Å². The first kappa shape index (κ1) is 98.1. The van der Waals surface area contributed by atoms with E-state index in [0.717, 1.165) is 155 Å². The van der Waals surface area contributed by atoms with Gasteiger partial charge in [-0.1, -0.05) is 380 Å². The van der Waals surface area contributed by atoms with E-state index in [1.807, 2.05) is 84.9 Å². The Morgan fingerprint density at radius 3 is 0.590 bits per heavy atom. The summed E-state index contributed by atoms with van der Waals surface area (Å²) in [6.07, 6.45) is 55.5. The molecule has 0 spiro atoms.